The van der Waals surface area contributed by atoms with Crippen LogP contribution in [-0.4, -0.2) is 6.04 Å². The lowest BCUT2D eigenvalue weighted by molar-refractivity contribution is -0.137. The summed E-state index contributed by atoms with van der Waals surface area (Å²) < 4.78 is 38.5. The van der Waals surface area contributed by atoms with Crippen molar-refractivity contribution in [3.63, 3.8) is 0 Å². The van der Waals surface area contributed by atoms with Crippen LogP contribution in [0.5, 0.6) is 0 Å². The molecule has 1 aromatic carbocycles. The van der Waals surface area contributed by atoms with Gasteiger partial charge in [0.2, 0.25) is 0 Å². The molecule has 0 saturated heterocycles. The molecule has 0 aliphatic heterocycles. The van der Waals surface area contributed by atoms with Crippen molar-refractivity contribution in [2.75, 3.05) is 5.32 Å². The fraction of sp³-hybridized carbons (Fsp3) is 0.571. The van der Waals surface area contributed by atoms with E-state index < -0.39 is 11.7 Å². The van der Waals surface area contributed by atoms with Crippen LogP contribution in [0.4, 0.5) is 18.9 Å². The molecule has 0 aliphatic rings. The number of benzene rings is 1. The van der Waals surface area contributed by atoms with Gasteiger partial charge < -0.3 is 5.32 Å². The maximum atomic E-state index is 12.7. The molecule has 5 heteroatoms. The summed E-state index contributed by atoms with van der Waals surface area (Å²) in [6, 6.07) is 4.06. The first-order valence-corrected chi connectivity index (χ1v) is 7.12. The Morgan fingerprint density at radius 1 is 1.11 bits per heavy atom. The van der Waals surface area contributed by atoms with Gasteiger partial charge in [-0.15, -0.1) is 0 Å². The van der Waals surface area contributed by atoms with E-state index >= 15 is 0 Å². The number of halogens is 4. The standard InChI is InChI=1S/C14H19BrF3N/c1-9(2)4-5-10(3)19-13-7-11(14(16,17)18)6-12(15)8-13/h6-10,19H,4-5H2,1-3H3. The third-order valence-electron chi connectivity index (χ3n) is 2.82. The lowest BCUT2D eigenvalue weighted by atomic mass is 10.0. The average Bonchev–Trinajstić information content (AvgIpc) is 2.24. The lowest BCUT2D eigenvalue weighted by Crippen LogP contribution is -2.16. The maximum Gasteiger partial charge on any atom is 0.416 e. The number of nitrogens with one attached hydrogen (secondary N) is 1. The summed E-state index contributed by atoms with van der Waals surface area (Å²) in [4.78, 5) is 0. The Balaban J connectivity index is 2.76. The van der Waals surface area contributed by atoms with Gasteiger partial charge in [0.15, 0.2) is 0 Å². The highest BCUT2D eigenvalue weighted by Gasteiger charge is 2.31. The molecule has 0 aliphatic carbocycles. The van der Waals surface area contributed by atoms with E-state index in [1.807, 2.05) is 6.92 Å². The third-order valence-corrected chi connectivity index (χ3v) is 3.27. The largest absolute Gasteiger partial charge is 0.416 e. The van der Waals surface area contributed by atoms with Gasteiger partial charge in [0, 0.05) is 16.2 Å². The van der Waals surface area contributed by atoms with Crippen LogP contribution in [0.3, 0.4) is 0 Å². The third kappa shape index (κ3) is 5.85. The molecule has 0 bridgehead atoms. The van der Waals surface area contributed by atoms with Gasteiger partial charge in [-0.2, -0.15) is 13.2 Å². The first kappa shape index (κ1) is 16.3. The van der Waals surface area contributed by atoms with Crippen LogP contribution in [0.25, 0.3) is 0 Å². The van der Waals surface area contributed by atoms with Gasteiger partial charge in [-0.1, -0.05) is 29.8 Å². The fourth-order valence-corrected chi connectivity index (χ4v) is 2.27. The fourth-order valence-electron chi connectivity index (χ4n) is 1.78. The van der Waals surface area contributed by atoms with Crippen LogP contribution in [0.15, 0.2) is 22.7 Å². The molecule has 0 heterocycles. The van der Waals surface area contributed by atoms with Gasteiger partial charge in [-0.3, -0.25) is 0 Å². The Morgan fingerprint density at radius 2 is 1.74 bits per heavy atom. The summed E-state index contributed by atoms with van der Waals surface area (Å²) in [5, 5.41) is 3.12. The number of anilines is 1. The number of alkyl halides is 3. The van der Waals surface area contributed by atoms with Crippen LogP contribution in [0, 0.1) is 5.92 Å². The minimum absolute atomic E-state index is 0.151. The molecule has 1 N–H and O–H groups in total. The van der Waals surface area contributed by atoms with E-state index in [0.29, 0.717) is 16.1 Å². The minimum Gasteiger partial charge on any atom is -0.383 e. The number of rotatable bonds is 5. The zero-order valence-corrected chi connectivity index (χ0v) is 12.9. The van der Waals surface area contributed by atoms with Crippen LogP contribution >= 0.6 is 15.9 Å². The normalized spacial score (nSPS) is 13.7. The molecule has 1 aromatic rings. The second-order valence-electron chi connectivity index (χ2n) is 5.24. The van der Waals surface area contributed by atoms with Crippen molar-refractivity contribution in [3.8, 4) is 0 Å². The molecule has 0 amide bonds. The zero-order chi connectivity index (χ0) is 14.6. The van der Waals surface area contributed by atoms with Crippen LogP contribution in [-0.2, 0) is 6.18 Å². The molecule has 0 spiro atoms. The summed E-state index contributed by atoms with van der Waals surface area (Å²) >= 11 is 3.12. The molecule has 19 heavy (non-hydrogen) atoms. The van der Waals surface area contributed by atoms with E-state index in [1.54, 1.807) is 6.07 Å². The molecule has 1 nitrogen and oxygen atoms in total. The van der Waals surface area contributed by atoms with Gasteiger partial charge in [0.05, 0.1) is 5.56 Å². The molecule has 0 radical (unpaired) electrons. The van der Waals surface area contributed by atoms with Crippen molar-refractivity contribution < 1.29 is 13.2 Å². The van der Waals surface area contributed by atoms with Crippen molar-refractivity contribution in [1.82, 2.24) is 0 Å². The highest BCUT2D eigenvalue weighted by Crippen LogP contribution is 2.33. The van der Waals surface area contributed by atoms with Crippen LogP contribution in [0.2, 0.25) is 0 Å². The maximum absolute atomic E-state index is 12.7. The van der Waals surface area contributed by atoms with E-state index in [9.17, 15) is 13.2 Å². The molecular weight excluding hydrogens is 319 g/mol. The molecule has 0 fully saturated rings. The smallest absolute Gasteiger partial charge is 0.383 e. The monoisotopic (exact) mass is 337 g/mol. The highest BCUT2D eigenvalue weighted by atomic mass is 79.9. The van der Waals surface area contributed by atoms with Crippen molar-refractivity contribution >= 4 is 21.6 Å². The second-order valence-corrected chi connectivity index (χ2v) is 6.16. The minimum atomic E-state index is -4.32. The second kappa shape index (κ2) is 6.64. The van der Waals surface area contributed by atoms with Crippen LogP contribution < -0.4 is 5.32 Å². The number of hydrogen-bond acceptors (Lipinski definition) is 1. The van der Waals surface area contributed by atoms with E-state index in [0.717, 1.165) is 25.0 Å². The predicted octanol–water partition coefficient (Wildman–Crippen LogP) is 5.70. The van der Waals surface area contributed by atoms with Gasteiger partial charge >= 0.3 is 6.18 Å². The van der Waals surface area contributed by atoms with Crippen molar-refractivity contribution in [1.29, 1.82) is 0 Å². The van der Waals surface area contributed by atoms with E-state index in [1.165, 1.54) is 0 Å². The Bertz CT molecular complexity index is 416. The summed E-state index contributed by atoms with van der Waals surface area (Å²) in [5.41, 5.74) is -0.140. The average molecular weight is 338 g/mol. The first-order chi connectivity index (χ1) is 8.68. The Hall–Kier alpha value is -0.710. The van der Waals surface area contributed by atoms with Crippen molar-refractivity contribution in [2.45, 2.75) is 45.8 Å². The SMILES string of the molecule is CC(C)CCC(C)Nc1cc(Br)cc(C(F)(F)F)c1. The van der Waals surface area contributed by atoms with Crippen molar-refractivity contribution in [3.05, 3.63) is 28.2 Å². The highest BCUT2D eigenvalue weighted by molar-refractivity contribution is 9.10. The van der Waals surface area contributed by atoms with Crippen LogP contribution in [0.1, 0.15) is 39.2 Å². The molecule has 1 atom stereocenters. The first-order valence-electron chi connectivity index (χ1n) is 6.33. The summed E-state index contributed by atoms with van der Waals surface area (Å²) in [7, 11) is 0. The summed E-state index contributed by atoms with van der Waals surface area (Å²) in [6.07, 6.45) is -2.33. The van der Waals surface area contributed by atoms with Crippen molar-refractivity contribution in [2.24, 2.45) is 5.92 Å². The van der Waals surface area contributed by atoms with E-state index in [-0.39, 0.29) is 6.04 Å². The van der Waals surface area contributed by atoms with E-state index in [2.05, 4.69) is 35.1 Å². The molecule has 0 saturated carbocycles. The lowest BCUT2D eigenvalue weighted by Gasteiger charge is -2.18. The Labute approximate surface area is 120 Å². The summed E-state index contributed by atoms with van der Waals surface area (Å²) in [5.74, 6) is 0.595. The quantitative estimate of drug-likeness (QED) is 0.726. The number of hydrogen-bond donors (Lipinski definition) is 1. The van der Waals surface area contributed by atoms with E-state index in [4.69, 9.17) is 0 Å². The summed E-state index contributed by atoms with van der Waals surface area (Å²) in [6.45, 7) is 6.25. The van der Waals surface area contributed by atoms with Gasteiger partial charge in [0.25, 0.3) is 0 Å². The molecule has 1 rings (SSSR count). The zero-order valence-electron chi connectivity index (χ0n) is 11.3. The molecular formula is C14H19BrF3N. The molecule has 1 unspecified atom stereocenters. The Kier molecular flexibility index (Phi) is 5.71. The topological polar surface area (TPSA) is 12.0 Å². The Morgan fingerprint density at radius 3 is 2.26 bits per heavy atom. The molecule has 0 aromatic heterocycles. The van der Waals surface area contributed by atoms with Gasteiger partial charge in [0.1, 0.15) is 0 Å². The molecule has 108 valence electrons. The van der Waals surface area contributed by atoms with Gasteiger partial charge in [-0.05, 0) is 43.9 Å². The predicted molar refractivity (Wildman–Crippen MR) is 76.3 cm³/mol. The van der Waals surface area contributed by atoms with Gasteiger partial charge in [-0.25, -0.2) is 0 Å².